The van der Waals surface area contributed by atoms with Gasteiger partial charge in [0.1, 0.15) is 0 Å². The summed E-state index contributed by atoms with van der Waals surface area (Å²) < 4.78 is 0. The van der Waals surface area contributed by atoms with Crippen LogP contribution < -0.4 is 10.6 Å². The molecule has 0 radical (unpaired) electrons. The maximum absolute atomic E-state index is 6.08. The van der Waals surface area contributed by atoms with E-state index >= 15 is 0 Å². The first kappa shape index (κ1) is 15.7. The van der Waals surface area contributed by atoms with E-state index in [1.807, 2.05) is 0 Å². The fourth-order valence-electron chi connectivity index (χ4n) is 2.48. The van der Waals surface area contributed by atoms with Crippen LogP contribution in [0.4, 0.5) is 5.69 Å². The van der Waals surface area contributed by atoms with E-state index in [1.54, 1.807) is 6.07 Å². The molecule has 2 heterocycles. The van der Waals surface area contributed by atoms with Crippen LogP contribution in [0.3, 0.4) is 0 Å². The molecule has 0 aliphatic carbocycles. The quantitative estimate of drug-likeness (QED) is 0.850. The lowest BCUT2D eigenvalue weighted by Crippen LogP contribution is -2.53. The van der Waals surface area contributed by atoms with Crippen molar-refractivity contribution >= 4 is 46.1 Å². The van der Waals surface area contributed by atoms with Crippen LogP contribution in [0.2, 0.25) is 10.3 Å². The van der Waals surface area contributed by atoms with Crippen LogP contribution in [0.5, 0.6) is 0 Å². The minimum Gasteiger partial charge on any atom is -0.392 e. The summed E-state index contributed by atoms with van der Waals surface area (Å²) >= 11 is 17.1. The van der Waals surface area contributed by atoms with Crippen LogP contribution in [0.1, 0.15) is 13.3 Å². The van der Waals surface area contributed by atoms with Crippen molar-refractivity contribution in [2.24, 2.45) is 5.73 Å². The maximum Gasteiger partial charge on any atom is 0.175 e. The number of nitrogens with two attached hydrogens (primary N) is 1. The number of nitrogens with zero attached hydrogens (tertiary/aromatic N) is 4. The molecule has 110 valence electrons. The molecule has 2 rings (SSSR count). The third-order valence-corrected chi connectivity index (χ3v) is 4.24. The fourth-order valence-corrected chi connectivity index (χ4v) is 3.15. The van der Waals surface area contributed by atoms with E-state index in [4.69, 9.17) is 41.2 Å². The Morgan fingerprint density at radius 2 is 2.00 bits per heavy atom. The van der Waals surface area contributed by atoms with Gasteiger partial charge < -0.3 is 10.6 Å². The minimum absolute atomic E-state index is 0.168. The van der Waals surface area contributed by atoms with Gasteiger partial charge in [-0.15, -0.1) is 10.2 Å². The van der Waals surface area contributed by atoms with Gasteiger partial charge in [-0.3, -0.25) is 4.90 Å². The highest BCUT2D eigenvalue weighted by molar-refractivity contribution is 7.80. The molecule has 0 spiro atoms. The van der Waals surface area contributed by atoms with Crippen LogP contribution in [-0.4, -0.2) is 52.3 Å². The topological polar surface area (TPSA) is 58.3 Å². The molecule has 1 atom stereocenters. The molecule has 8 heteroatoms. The number of piperazine rings is 1. The summed E-state index contributed by atoms with van der Waals surface area (Å²) in [7, 11) is 0. The zero-order chi connectivity index (χ0) is 14.7. The molecule has 1 saturated heterocycles. The molecule has 1 fully saturated rings. The Kier molecular flexibility index (Phi) is 5.37. The van der Waals surface area contributed by atoms with Crippen molar-refractivity contribution in [2.45, 2.75) is 19.4 Å². The van der Waals surface area contributed by atoms with Gasteiger partial charge in [0.25, 0.3) is 0 Å². The van der Waals surface area contributed by atoms with Gasteiger partial charge in [0, 0.05) is 32.2 Å². The van der Waals surface area contributed by atoms with Crippen LogP contribution in [0.25, 0.3) is 0 Å². The lowest BCUT2D eigenvalue weighted by atomic mass is 10.1. The number of hydrogen-bond donors (Lipinski definition) is 1. The van der Waals surface area contributed by atoms with E-state index in [2.05, 4.69) is 26.9 Å². The highest BCUT2D eigenvalue weighted by atomic mass is 35.5. The number of anilines is 1. The maximum atomic E-state index is 6.08. The van der Waals surface area contributed by atoms with Gasteiger partial charge in [0.2, 0.25) is 0 Å². The number of halogens is 2. The molecular weight excluding hydrogens is 317 g/mol. The van der Waals surface area contributed by atoms with Gasteiger partial charge >= 0.3 is 0 Å². The van der Waals surface area contributed by atoms with Gasteiger partial charge in [-0.2, -0.15) is 0 Å². The third kappa shape index (κ3) is 3.49. The second-order valence-corrected chi connectivity index (χ2v) is 5.91. The normalized spacial score (nSPS) is 18.1. The number of hydrogen-bond acceptors (Lipinski definition) is 5. The average molecular weight is 334 g/mol. The summed E-state index contributed by atoms with van der Waals surface area (Å²) in [5.41, 5.74) is 6.62. The summed E-state index contributed by atoms with van der Waals surface area (Å²) in [4.78, 5) is 5.03. The Morgan fingerprint density at radius 3 is 2.55 bits per heavy atom. The largest absolute Gasteiger partial charge is 0.392 e. The first-order valence-electron chi connectivity index (χ1n) is 6.50. The van der Waals surface area contributed by atoms with Crippen molar-refractivity contribution < 1.29 is 0 Å². The summed E-state index contributed by atoms with van der Waals surface area (Å²) in [6.07, 6.45) is 0.929. The first-order valence-corrected chi connectivity index (χ1v) is 7.66. The predicted molar refractivity (Wildman–Crippen MR) is 86.7 cm³/mol. The molecule has 0 bridgehead atoms. The van der Waals surface area contributed by atoms with Crippen molar-refractivity contribution in [2.75, 3.05) is 31.1 Å². The number of thiocarbonyl (C=S) groups is 1. The van der Waals surface area contributed by atoms with Gasteiger partial charge in [-0.05, 0) is 6.42 Å². The van der Waals surface area contributed by atoms with Crippen molar-refractivity contribution in [1.29, 1.82) is 0 Å². The second kappa shape index (κ2) is 6.85. The summed E-state index contributed by atoms with van der Waals surface area (Å²) in [5.74, 6) is 0. The zero-order valence-corrected chi connectivity index (χ0v) is 13.5. The van der Waals surface area contributed by atoms with Gasteiger partial charge in [0.05, 0.1) is 16.7 Å². The monoisotopic (exact) mass is 333 g/mol. The molecule has 1 unspecified atom stereocenters. The Morgan fingerprint density at radius 1 is 1.35 bits per heavy atom. The van der Waals surface area contributed by atoms with Gasteiger partial charge in [0.15, 0.2) is 10.3 Å². The van der Waals surface area contributed by atoms with E-state index < -0.39 is 0 Å². The third-order valence-electron chi connectivity index (χ3n) is 3.51. The molecule has 20 heavy (non-hydrogen) atoms. The van der Waals surface area contributed by atoms with E-state index in [9.17, 15) is 0 Å². The number of rotatable bonds is 4. The van der Waals surface area contributed by atoms with Gasteiger partial charge in [-0.25, -0.2) is 0 Å². The molecule has 0 aromatic carbocycles. The van der Waals surface area contributed by atoms with Crippen LogP contribution >= 0.6 is 35.4 Å². The second-order valence-electron chi connectivity index (χ2n) is 4.69. The smallest absolute Gasteiger partial charge is 0.175 e. The Bertz CT molecular complexity index is 491. The van der Waals surface area contributed by atoms with Crippen LogP contribution in [0.15, 0.2) is 6.07 Å². The molecule has 0 amide bonds. The molecule has 1 aliphatic heterocycles. The summed E-state index contributed by atoms with van der Waals surface area (Å²) in [5, 5.41) is 8.29. The minimum atomic E-state index is 0.168. The molecule has 1 aliphatic rings. The highest BCUT2D eigenvalue weighted by Crippen LogP contribution is 2.26. The number of aromatic nitrogens is 2. The van der Waals surface area contributed by atoms with E-state index in [0.717, 1.165) is 38.3 Å². The zero-order valence-electron chi connectivity index (χ0n) is 11.2. The summed E-state index contributed by atoms with van der Waals surface area (Å²) in [6.45, 7) is 5.53. The van der Waals surface area contributed by atoms with Crippen molar-refractivity contribution in [3.63, 3.8) is 0 Å². The van der Waals surface area contributed by atoms with Crippen LogP contribution in [-0.2, 0) is 0 Å². The highest BCUT2D eigenvalue weighted by Gasteiger charge is 2.25. The van der Waals surface area contributed by atoms with E-state index in [-0.39, 0.29) is 6.04 Å². The molecule has 1 aromatic rings. The van der Waals surface area contributed by atoms with Crippen molar-refractivity contribution in [3.05, 3.63) is 16.4 Å². The molecule has 2 N–H and O–H groups in total. The van der Waals surface area contributed by atoms with Crippen molar-refractivity contribution in [3.8, 4) is 0 Å². The molecular formula is C12H17Cl2N5S. The SMILES string of the molecule is CCC(C(N)=S)N1CCN(c2cc(Cl)nnc2Cl)CC1. The predicted octanol–water partition coefficient (Wildman–Crippen LogP) is 1.97. The van der Waals surface area contributed by atoms with Crippen molar-refractivity contribution in [1.82, 2.24) is 15.1 Å². The van der Waals surface area contributed by atoms with E-state index in [1.165, 1.54) is 0 Å². The Hall–Kier alpha value is -0.690. The molecule has 5 nitrogen and oxygen atoms in total. The Balaban J connectivity index is 2.04. The standard InChI is InChI=1S/C12H17Cl2N5S/c1-2-8(12(15)20)18-3-5-19(6-4-18)9-7-10(13)16-17-11(9)14/h7-8H,2-6H2,1H3,(H2,15,20). The van der Waals surface area contributed by atoms with Gasteiger partial charge in [-0.1, -0.05) is 42.3 Å². The first-order chi connectivity index (χ1) is 9.52. The molecule has 1 aromatic heterocycles. The summed E-state index contributed by atoms with van der Waals surface area (Å²) in [6, 6.07) is 1.92. The molecule has 0 saturated carbocycles. The average Bonchev–Trinajstić information content (AvgIpc) is 2.43. The Labute approximate surface area is 134 Å². The lowest BCUT2D eigenvalue weighted by molar-refractivity contribution is 0.224. The lowest BCUT2D eigenvalue weighted by Gasteiger charge is -2.39. The fraction of sp³-hybridized carbons (Fsp3) is 0.583. The van der Waals surface area contributed by atoms with Crippen LogP contribution in [0, 0.1) is 0 Å². The van der Waals surface area contributed by atoms with E-state index in [0.29, 0.717) is 15.3 Å².